The Morgan fingerprint density at radius 2 is 2.15 bits per heavy atom. The molecule has 1 aliphatic heterocycles. The summed E-state index contributed by atoms with van der Waals surface area (Å²) in [4.78, 5) is 30.3. The van der Waals surface area contributed by atoms with Crippen molar-refractivity contribution < 1.29 is 14.3 Å². The molecule has 6 nitrogen and oxygen atoms in total. The number of pyridine rings is 1. The number of carbonyl (C=O) groups is 2. The van der Waals surface area contributed by atoms with Gasteiger partial charge in [-0.25, -0.2) is 0 Å². The molecule has 0 unspecified atom stereocenters. The average molecular weight is 365 g/mol. The predicted octanol–water partition coefficient (Wildman–Crippen LogP) is 2.76. The first kappa shape index (κ1) is 18.6. The van der Waals surface area contributed by atoms with E-state index < -0.39 is 0 Å². The summed E-state index contributed by atoms with van der Waals surface area (Å²) in [6, 6.07) is 13.2. The molecule has 0 bridgehead atoms. The molecule has 140 valence electrons. The lowest BCUT2D eigenvalue weighted by atomic mass is 10.2. The molecule has 1 fully saturated rings. The second-order valence-corrected chi connectivity index (χ2v) is 6.31. The van der Waals surface area contributed by atoms with E-state index in [0.717, 1.165) is 22.7 Å². The van der Waals surface area contributed by atoms with Gasteiger partial charge in [0.15, 0.2) is 0 Å². The Morgan fingerprint density at radius 3 is 2.93 bits per heavy atom. The molecule has 0 aliphatic carbocycles. The van der Waals surface area contributed by atoms with Crippen LogP contribution in [0, 0.1) is 0 Å². The zero-order valence-electron chi connectivity index (χ0n) is 15.4. The number of methoxy groups -OCH3 is 1. The highest BCUT2D eigenvalue weighted by molar-refractivity contribution is 5.84. The molecule has 3 rings (SSSR count). The highest BCUT2D eigenvalue weighted by Gasteiger charge is 2.25. The summed E-state index contributed by atoms with van der Waals surface area (Å²) >= 11 is 0. The molecule has 2 amide bonds. The van der Waals surface area contributed by atoms with Gasteiger partial charge in [0.25, 0.3) is 0 Å². The Hall–Kier alpha value is -3.15. The van der Waals surface area contributed by atoms with Gasteiger partial charge in [0.1, 0.15) is 5.75 Å². The molecule has 1 aromatic heterocycles. The lowest BCUT2D eigenvalue weighted by Gasteiger charge is -2.18. The summed E-state index contributed by atoms with van der Waals surface area (Å²) in [5.74, 6) is 0.723. The molecule has 2 aromatic rings. The van der Waals surface area contributed by atoms with E-state index in [9.17, 15) is 9.59 Å². The third-order valence-electron chi connectivity index (χ3n) is 4.43. The maximum Gasteiger partial charge on any atom is 0.227 e. The van der Waals surface area contributed by atoms with Crippen molar-refractivity contribution in [2.75, 3.05) is 13.7 Å². The molecule has 1 saturated heterocycles. The number of hydrogen-bond acceptors (Lipinski definition) is 4. The Balaban J connectivity index is 1.53. The summed E-state index contributed by atoms with van der Waals surface area (Å²) in [5.41, 5.74) is 2.70. The SMILES string of the molecule is COc1cccc(CNC(=O)CCN2C(=O)CC/C2=C\c2ccccn2)c1. The van der Waals surface area contributed by atoms with E-state index in [4.69, 9.17) is 4.74 Å². The lowest BCUT2D eigenvalue weighted by Crippen LogP contribution is -2.30. The monoisotopic (exact) mass is 365 g/mol. The Bertz CT molecular complexity index is 834. The van der Waals surface area contributed by atoms with Gasteiger partial charge in [0, 0.05) is 37.8 Å². The van der Waals surface area contributed by atoms with E-state index in [0.29, 0.717) is 25.9 Å². The Morgan fingerprint density at radius 1 is 1.26 bits per heavy atom. The van der Waals surface area contributed by atoms with E-state index >= 15 is 0 Å². The van der Waals surface area contributed by atoms with Gasteiger partial charge < -0.3 is 15.0 Å². The second-order valence-electron chi connectivity index (χ2n) is 6.31. The van der Waals surface area contributed by atoms with Crippen molar-refractivity contribution in [1.29, 1.82) is 0 Å². The molecule has 27 heavy (non-hydrogen) atoms. The van der Waals surface area contributed by atoms with Crippen LogP contribution in [0.1, 0.15) is 30.5 Å². The molecular formula is C21H23N3O3. The number of carbonyl (C=O) groups excluding carboxylic acids is 2. The van der Waals surface area contributed by atoms with Crippen LogP contribution >= 0.6 is 0 Å². The van der Waals surface area contributed by atoms with Crippen LogP contribution in [0.3, 0.4) is 0 Å². The van der Waals surface area contributed by atoms with Crippen LogP contribution in [0.4, 0.5) is 0 Å². The predicted molar refractivity (Wildman–Crippen MR) is 103 cm³/mol. The van der Waals surface area contributed by atoms with Crippen LogP contribution in [0.15, 0.2) is 54.4 Å². The van der Waals surface area contributed by atoms with E-state index in [-0.39, 0.29) is 18.2 Å². The molecular weight excluding hydrogens is 342 g/mol. The number of aromatic nitrogens is 1. The Labute approximate surface area is 158 Å². The third-order valence-corrected chi connectivity index (χ3v) is 4.43. The maximum atomic E-state index is 12.2. The Kier molecular flexibility index (Phi) is 6.20. The topological polar surface area (TPSA) is 71.5 Å². The van der Waals surface area contributed by atoms with Gasteiger partial charge in [-0.05, 0) is 42.3 Å². The first-order valence-corrected chi connectivity index (χ1v) is 8.97. The quantitative estimate of drug-likeness (QED) is 0.819. The largest absolute Gasteiger partial charge is 0.497 e. The molecule has 1 aromatic carbocycles. The molecule has 0 radical (unpaired) electrons. The normalized spacial score (nSPS) is 15.2. The van der Waals surface area contributed by atoms with Crippen molar-refractivity contribution in [3.8, 4) is 5.75 Å². The van der Waals surface area contributed by atoms with Crippen molar-refractivity contribution in [3.05, 3.63) is 65.6 Å². The van der Waals surface area contributed by atoms with Gasteiger partial charge >= 0.3 is 0 Å². The number of ether oxygens (including phenoxy) is 1. The number of nitrogens with one attached hydrogen (secondary N) is 1. The van der Waals surface area contributed by atoms with Gasteiger partial charge in [-0.3, -0.25) is 14.6 Å². The van der Waals surface area contributed by atoms with Crippen molar-refractivity contribution >= 4 is 17.9 Å². The first-order chi connectivity index (χ1) is 13.2. The first-order valence-electron chi connectivity index (χ1n) is 8.97. The number of allylic oxidation sites excluding steroid dienone is 1. The van der Waals surface area contributed by atoms with Crippen LogP contribution < -0.4 is 10.1 Å². The summed E-state index contributed by atoms with van der Waals surface area (Å²) in [6.45, 7) is 0.808. The van der Waals surface area contributed by atoms with Crippen molar-refractivity contribution in [1.82, 2.24) is 15.2 Å². The molecule has 1 N–H and O–H groups in total. The zero-order valence-corrected chi connectivity index (χ0v) is 15.4. The van der Waals surface area contributed by atoms with Gasteiger partial charge in [0.05, 0.1) is 12.8 Å². The van der Waals surface area contributed by atoms with Crippen LogP contribution in [0.2, 0.25) is 0 Å². The second kappa shape index (κ2) is 8.98. The summed E-state index contributed by atoms with van der Waals surface area (Å²) in [7, 11) is 1.61. The van der Waals surface area contributed by atoms with Gasteiger partial charge in [0.2, 0.25) is 11.8 Å². The van der Waals surface area contributed by atoms with E-state index in [1.54, 1.807) is 18.2 Å². The van der Waals surface area contributed by atoms with E-state index in [2.05, 4.69) is 10.3 Å². The van der Waals surface area contributed by atoms with Crippen LogP contribution in [0.5, 0.6) is 5.75 Å². The van der Waals surface area contributed by atoms with Crippen molar-refractivity contribution in [3.63, 3.8) is 0 Å². The average Bonchev–Trinajstić information content (AvgIpc) is 3.05. The van der Waals surface area contributed by atoms with Crippen molar-refractivity contribution in [2.45, 2.75) is 25.8 Å². The van der Waals surface area contributed by atoms with E-state index in [1.165, 1.54) is 0 Å². The van der Waals surface area contributed by atoms with Gasteiger partial charge in [-0.1, -0.05) is 18.2 Å². The highest BCUT2D eigenvalue weighted by atomic mass is 16.5. The zero-order chi connectivity index (χ0) is 19.1. The minimum Gasteiger partial charge on any atom is -0.497 e. The minimum absolute atomic E-state index is 0.0535. The van der Waals surface area contributed by atoms with E-state index in [1.807, 2.05) is 48.5 Å². The molecule has 0 spiro atoms. The van der Waals surface area contributed by atoms with Crippen LogP contribution in [0.25, 0.3) is 6.08 Å². The molecule has 6 heteroatoms. The smallest absolute Gasteiger partial charge is 0.227 e. The van der Waals surface area contributed by atoms with Gasteiger partial charge in [-0.2, -0.15) is 0 Å². The minimum atomic E-state index is -0.0882. The molecule has 0 atom stereocenters. The number of hydrogen-bond donors (Lipinski definition) is 1. The summed E-state index contributed by atoms with van der Waals surface area (Å²) in [5, 5.41) is 2.89. The number of amides is 2. The fraction of sp³-hybridized carbons (Fsp3) is 0.286. The van der Waals surface area contributed by atoms with Crippen molar-refractivity contribution in [2.24, 2.45) is 0 Å². The van der Waals surface area contributed by atoms with Crippen LogP contribution in [-0.2, 0) is 16.1 Å². The molecule has 2 heterocycles. The lowest BCUT2D eigenvalue weighted by molar-refractivity contribution is -0.127. The fourth-order valence-corrected chi connectivity index (χ4v) is 3.00. The standard InChI is InChI=1S/C21H23N3O3/c1-27-19-7-4-5-16(13-19)15-23-20(25)10-12-24-18(8-9-21(24)26)14-17-6-2-3-11-22-17/h2-7,11,13-14H,8-10,12,15H2,1H3,(H,23,25)/b18-14+. The maximum absolute atomic E-state index is 12.2. The number of nitrogens with zero attached hydrogens (tertiary/aromatic N) is 2. The third kappa shape index (κ3) is 5.17. The fourth-order valence-electron chi connectivity index (χ4n) is 3.00. The molecule has 1 aliphatic rings. The number of likely N-dealkylation sites (tertiary alicyclic amines) is 1. The van der Waals surface area contributed by atoms with Crippen LogP contribution in [-0.4, -0.2) is 35.4 Å². The summed E-state index contributed by atoms with van der Waals surface area (Å²) in [6.07, 6.45) is 5.05. The highest BCUT2D eigenvalue weighted by Crippen LogP contribution is 2.24. The summed E-state index contributed by atoms with van der Waals surface area (Å²) < 4.78 is 5.18. The molecule has 0 saturated carbocycles. The number of benzene rings is 1. The number of rotatable bonds is 7. The van der Waals surface area contributed by atoms with Gasteiger partial charge in [-0.15, -0.1) is 0 Å².